The Hall–Kier alpha value is -7.91. The number of likely N-dealkylation sites (tertiary alicyclic amines) is 1. The van der Waals surface area contributed by atoms with Crippen LogP contribution in [-0.4, -0.2) is 140 Å². The number of hydrogen-bond donors (Lipinski definition) is 4. The number of carbonyl (C=O) groups excluding carboxylic acids is 6. The Balaban J connectivity index is 0.579. The number of hydrogen-bond acceptors (Lipinski definition) is 15. The van der Waals surface area contributed by atoms with Gasteiger partial charge in [-0.05, 0) is 85.5 Å². The number of halogens is 1. The van der Waals surface area contributed by atoms with Crippen LogP contribution in [0.3, 0.4) is 0 Å². The van der Waals surface area contributed by atoms with Crippen molar-refractivity contribution in [2.24, 2.45) is 0 Å². The summed E-state index contributed by atoms with van der Waals surface area (Å²) < 4.78 is 50.4. The van der Waals surface area contributed by atoms with Gasteiger partial charge in [-0.1, -0.05) is 49.1 Å². The number of aromatic nitrogens is 2. The summed E-state index contributed by atoms with van der Waals surface area (Å²) in [6, 6.07) is 17.6. The topological polar surface area (TPSA) is 255 Å². The van der Waals surface area contributed by atoms with Crippen molar-refractivity contribution in [3.8, 4) is 23.2 Å². The summed E-state index contributed by atoms with van der Waals surface area (Å²) in [5.74, 6) is 3.52. The van der Waals surface area contributed by atoms with Crippen LogP contribution < -0.4 is 26.4 Å². The molecule has 21 nitrogen and oxygen atoms in total. The molecule has 6 heterocycles. The van der Waals surface area contributed by atoms with Crippen LogP contribution in [0.15, 0.2) is 65.5 Å². The van der Waals surface area contributed by atoms with Crippen LogP contribution in [-0.2, 0) is 88.9 Å². The fraction of sp³-hybridized carbons (Fsp3) is 0.452. The summed E-state index contributed by atoms with van der Waals surface area (Å²) in [6.45, 7) is 5.76. The predicted octanol–water partition coefficient (Wildman–Crippen LogP) is 4.01. The molecular formula is C62H68FN7O14. The molecule has 5 aliphatic rings. The van der Waals surface area contributed by atoms with E-state index in [0.717, 1.165) is 27.9 Å². The van der Waals surface area contributed by atoms with Crippen molar-refractivity contribution < 1.29 is 66.7 Å². The number of fused-ring (bicyclic) bond motifs is 7. The van der Waals surface area contributed by atoms with Crippen molar-refractivity contribution in [1.29, 1.82) is 0 Å². The molecule has 5 aromatic rings. The van der Waals surface area contributed by atoms with Gasteiger partial charge in [-0.2, -0.15) is 0 Å². The summed E-state index contributed by atoms with van der Waals surface area (Å²) >= 11 is 0. The van der Waals surface area contributed by atoms with E-state index in [2.05, 4.69) is 27.8 Å². The third-order valence-electron chi connectivity index (χ3n) is 16.0. The molecule has 0 bridgehead atoms. The molecule has 3 aromatic carbocycles. The van der Waals surface area contributed by atoms with Gasteiger partial charge in [0.05, 0.1) is 107 Å². The van der Waals surface area contributed by atoms with Crippen LogP contribution in [0.5, 0.6) is 0 Å². The number of amides is 5. The lowest BCUT2D eigenvalue weighted by atomic mass is 9.81. The molecule has 1 fully saturated rings. The number of rotatable bonds is 25. The van der Waals surface area contributed by atoms with Crippen LogP contribution in [0, 0.1) is 24.6 Å². The van der Waals surface area contributed by atoms with Gasteiger partial charge in [-0.3, -0.25) is 28.8 Å². The van der Waals surface area contributed by atoms with E-state index in [0.29, 0.717) is 111 Å². The average molecular weight is 1150 g/mol. The highest BCUT2D eigenvalue weighted by Crippen LogP contribution is 2.46. The molecule has 5 amide bonds. The Labute approximate surface area is 484 Å². The van der Waals surface area contributed by atoms with Crippen molar-refractivity contribution in [2.75, 3.05) is 84.0 Å². The minimum atomic E-state index is -2.03. The maximum atomic E-state index is 15.4. The predicted molar refractivity (Wildman–Crippen MR) is 302 cm³/mol. The quantitative estimate of drug-likeness (QED) is 0.0359. The summed E-state index contributed by atoms with van der Waals surface area (Å²) in [4.78, 5) is 100. The lowest BCUT2D eigenvalue weighted by molar-refractivity contribution is -0.172. The molecule has 0 radical (unpaired) electrons. The SMILES string of the molecule is CC[C@@]1(O)C(=O)OCc2c1cc1n(c2=O)Cc2c-1nc1cc(F)c(C)c3c1c2[C@@H](NC(=O)COC1CCCN1C(=O)CNC(=O)CCOCCOCCOCCOCCNC(=O)CCC(=O)N1Cc2ccccc2C#Cc2ccccc21)CC3. The maximum Gasteiger partial charge on any atom is 0.343 e. The molecule has 84 heavy (non-hydrogen) atoms. The maximum absolute atomic E-state index is 15.4. The second-order valence-corrected chi connectivity index (χ2v) is 21.2. The van der Waals surface area contributed by atoms with Crippen LogP contribution in [0.2, 0.25) is 0 Å². The Morgan fingerprint density at radius 3 is 2.27 bits per heavy atom. The summed E-state index contributed by atoms with van der Waals surface area (Å²) in [5.41, 5.74) is 4.86. The first kappa shape index (κ1) is 59.3. The normalized spacial score (nSPS) is 18.0. The second-order valence-electron chi connectivity index (χ2n) is 21.2. The van der Waals surface area contributed by atoms with Crippen molar-refractivity contribution in [1.82, 2.24) is 30.4 Å². The third kappa shape index (κ3) is 12.9. The van der Waals surface area contributed by atoms with Crippen LogP contribution >= 0.6 is 0 Å². The number of nitrogens with one attached hydrogen (secondary N) is 3. The van der Waals surface area contributed by atoms with Gasteiger partial charge in [0, 0.05) is 66.1 Å². The van der Waals surface area contributed by atoms with Gasteiger partial charge in [0.15, 0.2) is 5.60 Å². The number of esters is 1. The van der Waals surface area contributed by atoms with E-state index in [-0.39, 0.29) is 113 Å². The zero-order valence-corrected chi connectivity index (χ0v) is 47.1. The smallest absolute Gasteiger partial charge is 0.343 e. The standard InChI is InChI=1S/C62H68FN7O14/c1-3-62(78)45-31-50-59-43(35-70(50)60(76)44(45)36-84-61(62)77)58-47(17-16-42-38(2)46(63)32-48(67-59)57(42)58)66-53(73)37-83-56-13-8-22-68(56)55(75)33-65-52(72)20-23-79-25-27-81-29-30-82-28-26-80-24-21-64-51(71)18-19-54(74)69-34-41-11-5-4-9-39(41)14-15-40-10-6-7-12-49(40)69/h4-7,9-12,31-32,47,56,78H,3,8,13,16-30,33-37H2,1-2H3,(H,64,71)(H,65,72)(H,66,73)/t47-,56?,62-/m0/s1. The lowest BCUT2D eigenvalue weighted by Crippen LogP contribution is -2.44. The monoisotopic (exact) mass is 1150 g/mol. The molecule has 0 saturated carbocycles. The molecule has 0 spiro atoms. The Kier molecular flexibility index (Phi) is 18.9. The molecule has 10 rings (SSSR count). The van der Waals surface area contributed by atoms with Crippen molar-refractivity contribution in [2.45, 2.75) is 103 Å². The number of nitrogens with zero attached hydrogens (tertiary/aromatic N) is 4. The molecule has 442 valence electrons. The van der Waals surface area contributed by atoms with E-state index in [1.165, 1.54) is 15.5 Å². The highest BCUT2D eigenvalue weighted by Gasteiger charge is 2.46. The lowest BCUT2D eigenvalue weighted by Gasteiger charge is -2.31. The first-order valence-corrected chi connectivity index (χ1v) is 28.6. The molecule has 22 heteroatoms. The number of ether oxygens (including phenoxy) is 6. The molecule has 1 saturated heterocycles. The van der Waals surface area contributed by atoms with Crippen LogP contribution in [0.25, 0.3) is 22.3 Å². The number of benzene rings is 3. The van der Waals surface area contributed by atoms with Gasteiger partial charge in [-0.25, -0.2) is 14.2 Å². The second kappa shape index (κ2) is 26.8. The number of aliphatic hydroxyl groups is 1. The summed E-state index contributed by atoms with van der Waals surface area (Å²) in [7, 11) is 0. The van der Waals surface area contributed by atoms with Crippen molar-refractivity contribution in [3.63, 3.8) is 0 Å². The van der Waals surface area contributed by atoms with Gasteiger partial charge >= 0.3 is 5.97 Å². The fourth-order valence-electron chi connectivity index (χ4n) is 11.5. The van der Waals surface area contributed by atoms with E-state index in [1.54, 1.807) is 24.8 Å². The van der Waals surface area contributed by atoms with Gasteiger partial charge in [0.2, 0.25) is 29.5 Å². The molecule has 3 atom stereocenters. The van der Waals surface area contributed by atoms with E-state index < -0.39 is 41.1 Å². The molecule has 4 N–H and O–H groups in total. The van der Waals surface area contributed by atoms with Gasteiger partial charge < -0.3 is 63.8 Å². The number of carbonyl (C=O) groups is 6. The number of cyclic esters (lactones) is 1. The molecule has 1 aliphatic carbocycles. The van der Waals surface area contributed by atoms with E-state index in [1.807, 2.05) is 48.5 Å². The van der Waals surface area contributed by atoms with Gasteiger partial charge in [0.1, 0.15) is 25.3 Å². The minimum Gasteiger partial charge on any atom is -0.458 e. The third-order valence-corrected chi connectivity index (χ3v) is 16.0. The number of pyridine rings is 2. The largest absolute Gasteiger partial charge is 0.458 e. The average Bonchev–Trinajstić information content (AvgIpc) is 3.30. The summed E-state index contributed by atoms with van der Waals surface area (Å²) in [5, 5.41) is 20.6. The van der Waals surface area contributed by atoms with Crippen LogP contribution in [0.4, 0.5) is 10.1 Å². The molecule has 2 aromatic heterocycles. The van der Waals surface area contributed by atoms with Crippen molar-refractivity contribution in [3.05, 3.63) is 127 Å². The van der Waals surface area contributed by atoms with Gasteiger partial charge in [-0.15, -0.1) is 0 Å². The Morgan fingerprint density at radius 1 is 0.798 bits per heavy atom. The van der Waals surface area contributed by atoms with Crippen LogP contribution in [0.1, 0.15) is 108 Å². The first-order valence-electron chi connectivity index (χ1n) is 28.6. The molecule has 1 unspecified atom stereocenters. The van der Waals surface area contributed by atoms with E-state index in [9.17, 15) is 38.7 Å². The zero-order chi connectivity index (χ0) is 58.9. The molecular weight excluding hydrogens is 1090 g/mol. The highest BCUT2D eigenvalue weighted by molar-refractivity contribution is 5.97. The van der Waals surface area contributed by atoms with Gasteiger partial charge in [0.25, 0.3) is 5.56 Å². The Morgan fingerprint density at radius 2 is 1.50 bits per heavy atom. The zero-order valence-electron chi connectivity index (χ0n) is 47.1. The van der Waals surface area contributed by atoms with E-state index in [4.69, 9.17) is 33.4 Å². The Bertz CT molecular complexity index is 3500. The number of anilines is 1. The van der Waals surface area contributed by atoms with E-state index >= 15 is 4.39 Å². The number of para-hydroxylation sites is 1. The number of aryl methyl sites for hydroxylation is 1. The first-order chi connectivity index (χ1) is 40.7. The summed E-state index contributed by atoms with van der Waals surface area (Å²) in [6.07, 6.45) is 1.39. The highest BCUT2D eigenvalue weighted by atomic mass is 19.1. The fourth-order valence-corrected chi connectivity index (χ4v) is 11.5. The minimum absolute atomic E-state index is 0.0242. The van der Waals surface area contributed by atoms with Crippen molar-refractivity contribution >= 4 is 52.1 Å². The molecule has 4 aliphatic heterocycles.